The summed E-state index contributed by atoms with van der Waals surface area (Å²) in [4.78, 5) is 0. The highest BCUT2D eigenvalue weighted by atomic mass is 16.5. The summed E-state index contributed by atoms with van der Waals surface area (Å²) in [6, 6.07) is 0. The van der Waals surface area contributed by atoms with E-state index in [-0.39, 0.29) is 19.8 Å². The summed E-state index contributed by atoms with van der Waals surface area (Å²) in [5, 5.41) is 39.6. The molecule has 5 N–H and O–H groups in total. The minimum Gasteiger partial charge on any atom is -0.396 e. The minimum absolute atomic E-state index is 0.181. The summed E-state index contributed by atoms with van der Waals surface area (Å²) in [6.45, 7) is 8.81. The zero-order valence-electron chi connectivity index (χ0n) is 12.0. The van der Waals surface area contributed by atoms with E-state index in [9.17, 15) is 0 Å². The van der Waals surface area contributed by atoms with E-state index in [0.29, 0.717) is 0 Å². The van der Waals surface area contributed by atoms with E-state index >= 15 is 0 Å². The number of aliphatic hydroxyl groups excluding tert-OH is 4. The normalized spacial score (nSPS) is 8.82. The lowest BCUT2D eigenvalue weighted by Gasteiger charge is -2.20. The Morgan fingerprint density at radius 2 is 0.765 bits per heavy atom. The third-order valence-electron chi connectivity index (χ3n) is 1.15. The molecule has 0 aromatic rings. The SMILES string of the molecule is CC(CO)(CO)CO.CCC.CCC.OCO. The van der Waals surface area contributed by atoms with Crippen LogP contribution in [0.3, 0.4) is 0 Å². The molecule has 0 saturated heterocycles. The van der Waals surface area contributed by atoms with Crippen molar-refractivity contribution in [3.8, 4) is 0 Å². The Hall–Kier alpha value is -0.200. The smallest absolute Gasteiger partial charge is 0.140 e. The molecule has 110 valence electrons. The molecule has 0 radical (unpaired) electrons. The number of hydrogen-bond acceptors (Lipinski definition) is 5. The molecule has 5 nitrogen and oxygen atoms in total. The Kier molecular flexibility index (Phi) is 37.4. The van der Waals surface area contributed by atoms with Crippen molar-refractivity contribution in [2.24, 2.45) is 5.41 Å². The highest BCUT2D eigenvalue weighted by molar-refractivity contribution is 4.69. The fourth-order valence-corrected chi connectivity index (χ4v) is 0.150. The van der Waals surface area contributed by atoms with Crippen molar-refractivity contribution < 1.29 is 25.5 Å². The first-order valence-corrected chi connectivity index (χ1v) is 5.97. The van der Waals surface area contributed by atoms with Crippen LogP contribution in [0.4, 0.5) is 0 Å². The first-order chi connectivity index (χ1) is 7.92. The summed E-state index contributed by atoms with van der Waals surface area (Å²) in [7, 11) is 0. The van der Waals surface area contributed by atoms with Crippen LogP contribution < -0.4 is 0 Å². The van der Waals surface area contributed by atoms with Gasteiger partial charge in [0.15, 0.2) is 0 Å². The predicted molar refractivity (Wildman–Crippen MR) is 70.6 cm³/mol. The van der Waals surface area contributed by atoms with Gasteiger partial charge in [0, 0.05) is 5.41 Å². The van der Waals surface area contributed by atoms with Crippen molar-refractivity contribution in [3.63, 3.8) is 0 Å². The van der Waals surface area contributed by atoms with Crippen molar-refractivity contribution >= 4 is 0 Å². The van der Waals surface area contributed by atoms with Gasteiger partial charge in [-0.25, -0.2) is 0 Å². The van der Waals surface area contributed by atoms with E-state index in [0.717, 1.165) is 0 Å². The summed E-state index contributed by atoms with van der Waals surface area (Å²) < 4.78 is 0. The van der Waals surface area contributed by atoms with Gasteiger partial charge in [0.25, 0.3) is 0 Å². The van der Waals surface area contributed by atoms with Gasteiger partial charge in [-0.05, 0) is 0 Å². The first-order valence-electron chi connectivity index (χ1n) is 5.97. The standard InChI is InChI=1S/C5H12O3.2C3H8.CH4O2/c1-5(2-6,3-7)4-8;2*1-3-2;2-1-3/h6-8H,2-4H2,1H3;2*3H2,1-2H3;2-3H,1H2. The second-order valence-electron chi connectivity index (χ2n) is 3.84. The average Bonchev–Trinajstić information content (AvgIpc) is 2.31. The fourth-order valence-electron chi connectivity index (χ4n) is 0.150. The maximum Gasteiger partial charge on any atom is 0.140 e. The first kappa shape index (κ1) is 25.6. The van der Waals surface area contributed by atoms with E-state index in [2.05, 4.69) is 27.7 Å². The van der Waals surface area contributed by atoms with Crippen molar-refractivity contribution in [1.82, 2.24) is 0 Å². The quantitative estimate of drug-likeness (QED) is 0.479. The van der Waals surface area contributed by atoms with Crippen molar-refractivity contribution in [2.75, 3.05) is 26.6 Å². The molecule has 0 heterocycles. The second-order valence-corrected chi connectivity index (χ2v) is 3.84. The van der Waals surface area contributed by atoms with Gasteiger partial charge in [0.2, 0.25) is 0 Å². The third-order valence-corrected chi connectivity index (χ3v) is 1.15. The molecule has 0 amide bonds. The third kappa shape index (κ3) is 38.9. The van der Waals surface area contributed by atoms with E-state index in [4.69, 9.17) is 25.5 Å². The van der Waals surface area contributed by atoms with E-state index in [1.807, 2.05) is 0 Å². The summed E-state index contributed by atoms with van der Waals surface area (Å²) >= 11 is 0. The monoisotopic (exact) mass is 256 g/mol. The van der Waals surface area contributed by atoms with Gasteiger partial charge in [-0.15, -0.1) is 0 Å². The molecule has 0 aliphatic rings. The molecule has 0 aliphatic carbocycles. The Labute approximate surface area is 106 Å². The Bertz CT molecular complexity index is 81.9. The predicted octanol–water partition coefficient (Wildman–Crippen LogP) is 0.731. The van der Waals surface area contributed by atoms with Crippen LogP contribution in [0, 0.1) is 5.41 Å². The highest BCUT2D eigenvalue weighted by Gasteiger charge is 2.20. The lowest BCUT2D eigenvalue weighted by Crippen LogP contribution is -2.29. The van der Waals surface area contributed by atoms with E-state index in [1.165, 1.54) is 12.8 Å². The molecule has 0 fully saturated rings. The highest BCUT2D eigenvalue weighted by Crippen LogP contribution is 2.10. The molecule has 0 unspecified atom stereocenters. The van der Waals surface area contributed by atoms with Crippen molar-refractivity contribution in [3.05, 3.63) is 0 Å². The zero-order valence-corrected chi connectivity index (χ0v) is 12.0. The van der Waals surface area contributed by atoms with Crippen molar-refractivity contribution in [1.29, 1.82) is 0 Å². The van der Waals surface area contributed by atoms with Gasteiger partial charge in [-0.3, -0.25) is 0 Å². The van der Waals surface area contributed by atoms with Crippen LogP contribution in [-0.2, 0) is 0 Å². The Balaban J connectivity index is -0.0000000784. The van der Waals surface area contributed by atoms with Crippen LogP contribution in [0.25, 0.3) is 0 Å². The largest absolute Gasteiger partial charge is 0.396 e. The van der Waals surface area contributed by atoms with Gasteiger partial charge in [-0.2, -0.15) is 0 Å². The number of aliphatic hydroxyl groups is 5. The summed E-state index contributed by atoms with van der Waals surface area (Å²) in [6.07, 6.45) is 2.50. The molecule has 0 rings (SSSR count). The van der Waals surface area contributed by atoms with Crippen LogP contribution in [-0.4, -0.2) is 52.1 Å². The van der Waals surface area contributed by atoms with Gasteiger partial charge >= 0.3 is 0 Å². The molecule has 0 aromatic carbocycles. The molecule has 0 spiro atoms. The average molecular weight is 256 g/mol. The lowest BCUT2D eigenvalue weighted by molar-refractivity contribution is 0.0200. The van der Waals surface area contributed by atoms with Gasteiger partial charge < -0.3 is 25.5 Å². The summed E-state index contributed by atoms with van der Waals surface area (Å²) in [5.41, 5.74) is -0.708. The van der Waals surface area contributed by atoms with E-state index in [1.54, 1.807) is 6.92 Å². The van der Waals surface area contributed by atoms with Gasteiger partial charge in [0.05, 0.1) is 19.8 Å². The second kappa shape index (κ2) is 24.9. The fraction of sp³-hybridized carbons (Fsp3) is 1.00. The van der Waals surface area contributed by atoms with Crippen LogP contribution in [0.15, 0.2) is 0 Å². The van der Waals surface area contributed by atoms with Gasteiger partial charge in [-0.1, -0.05) is 47.5 Å². The molecule has 0 saturated carbocycles. The maximum atomic E-state index is 8.47. The molecular formula is C12H32O5. The number of rotatable bonds is 3. The minimum atomic E-state index is -0.750. The summed E-state index contributed by atoms with van der Waals surface area (Å²) in [5.74, 6) is 0. The Morgan fingerprint density at radius 3 is 0.765 bits per heavy atom. The van der Waals surface area contributed by atoms with Crippen LogP contribution in [0.5, 0.6) is 0 Å². The zero-order chi connectivity index (χ0) is 14.7. The molecule has 5 heteroatoms. The van der Waals surface area contributed by atoms with Crippen LogP contribution in [0.2, 0.25) is 0 Å². The molecule has 17 heavy (non-hydrogen) atoms. The van der Waals surface area contributed by atoms with Gasteiger partial charge in [0.1, 0.15) is 6.79 Å². The molecule has 0 atom stereocenters. The van der Waals surface area contributed by atoms with Crippen LogP contribution >= 0.6 is 0 Å². The Morgan fingerprint density at radius 1 is 0.647 bits per heavy atom. The molecule has 0 aromatic heterocycles. The topological polar surface area (TPSA) is 101 Å². The van der Waals surface area contributed by atoms with E-state index < -0.39 is 12.2 Å². The molecular weight excluding hydrogens is 224 g/mol. The number of hydrogen-bond donors (Lipinski definition) is 5. The van der Waals surface area contributed by atoms with Crippen molar-refractivity contribution in [2.45, 2.75) is 47.5 Å². The molecule has 0 bridgehead atoms. The van der Waals surface area contributed by atoms with Crippen LogP contribution in [0.1, 0.15) is 47.5 Å². The molecule has 0 aliphatic heterocycles. The lowest BCUT2D eigenvalue weighted by atomic mass is 9.95. The maximum absolute atomic E-state index is 8.47.